The first kappa shape index (κ1) is 16.6. The molecular formula is C17H15NO7. The van der Waals surface area contributed by atoms with E-state index in [2.05, 4.69) is 4.74 Å². The Morgan fingerprint density at radius 1 is 1.24 bits per heavy atom. The smallest absolute Gasteiger partial charge is 0.420 e. The number of methoxy groups -OCH3 is 1. The zero-order valence-corrected chi connectivity index (χ0v) is 13.6. The molecule has 0 radical (unpaired) electrons. The normalized spacial score (nSPS) is 12.1. The van der Waals surface area contributed by atoms with Crippen LogP contribution in [0.5, 0.6) is 0 Å². The molecule has 0 bridgehead atoms. The third kappa shape index (κ3) is 3.06. The Bertz CT molecular complexity index is 978. The second-order valence-electron chi connectivity index (χ2n) is 5.26. The first-order valence-corrected chi connectivity index (χ1v) is 7.44. The number of hydrogen-bond donors (Lipinski definition) is 0. The lowest BCUT2D eigenvalue weighted by molar-refractivity contribution is -0.148. The highest BCUT2D eigenvalue weighted by molar-refractivity contribution is 5.88. The monoisotopic (exact) mass is 345 g/mol. The number of hydrogen-bond acceptors (Lipinski definition) is 7. The Morgan fingerprint density at radius 3 is 2.76 bits per heavy atom. The van der Waals surface area contributed by atoms with Gasteiger partial charge >= 0.3 is 17.7 Å². The molecule has 0 amide bonds. The number of fused-ring (bicyclic) bond motifs is 1. The number of esters is 2. The molecule has 2 aromatic heterocycles. The Balaban J connectivity index is 1.77. The SMILES string of the molecule is COC(=O)c1occc1COC(=O)C(C)n1c(=O)oc2ccccc21. The van der Waals surface area contributed by atoms with Gasteiger partial charge in [-0.15, -0.1) is 0 Å². The van der Waals surface area contributed by atoms with Crippen molar-refractivity contribution in [2.24, 2.45) is 0 Å². The maximum Gasteiger partial charge on any atom is 0.420 e. The second kappa shape index (κ2) is 6.68. The summed E-state index contributed by atoms with van der Waals surface area (Å²) in [6.07, 6.45) is 1.30. The summed E-state index contributed by atoms with van der Waals surface area (Å²) in [5.41, 5.74) is 1.25. The van der Waals surface area contributed by atoms with Gasteiger partial charge in [0.2, 0.25) is 5.76 Å². The highest BCUT2D eigenvalue weighted by Crippen LogP contribution is 2.19. The number of ether oxygens (including phenoxy) is 2. The van der Waals surface area contributed by atoms with Gasteiger partial charge < -0.3 is 18.3 Å². The number of nitrogens with zero attached hydrogens (tertiary/aromatic N) is 1. The fraction of sp³-hybridized carbons (Fsp3) is 0.235. The van der Waals surface area contributed by atoms with Gasteiger partial charge in [0.25, 0.3) is 0 Å². The van der Waals surface area contributed by atoms with Crippen LogP contribution in [-0.2, 0) is 20.9 Å². The third-order valence-electron chi connectivity index (χ3n) is 3.73. The molecule has 0 N–H and O–H groups in total. The second-order valence-corrected chi connectivity index (χ2v) is 5.26. The summed E-state index contributed by atoms with van der Waals surface area (Å²) in [5, 5.41) is 0. The Kier molecular flexibility index (Phi) is 4.42. The summed E-state index contributed by atoms with van der Waals surface area (Å²) in [7, 11) is 1.22. The molecule has 0 fully saturated rings. The molecule has 0 aliphatic heterocycles. The van der Waals surface area contributed by atoms with Crippen molar-refractivity contribution in [2.75, 3.05) is 7.11 Å². The number of benzene rings is 1. The summed E-state index contributed by atoms with van der Waals surface area (Å²) in [6, 6.07) is 7.38. The minimum absolute atomic E-state index is 0.0334. The molecule has 0 aliphatic carbocycles. The maximum atomic E-state index is 12.3. The van der Waals surface area contributed by atoms with Crippen molar-refractivity contribution in [1.29, 1.82) is 0 Å². The van der Waals surface area contributed by atoms with Crippen molar-refractivity contribution in [3.63, 3.8) is 0 Å². The molecule has 130 valence electrons. The quantitative estimate of drug-likeness (QED) is 0.654. The molecule has 0 saturated heterocycles. The van der Waals surface area contributed by atoms with E-state index in [4.69, 9.17) is 13.6 Å². The Labute approximate surface area is 141 Å². The minimum atomic E-state index is -0.898. The number of para-hydroxylation sites is 2. The number of oxazole rings is 1. The number of rotatable bonds is 5. The highest BCUT2D eigenvalue weighted by Gasteiger charge is 2.24. The Hall–Kier alpha value is -3.29. The summed E-state index contributed by atoms with van der Waals surface area (Å²) >= 11 is 0. The lowest BCUT2D eigenvalue weighted by Crippen LogP contribution is -2.26. The molecule has 0 saturated carbocycles. The van der Waals surface area contributed by atoms with Gasteiger partial charge in [0.05, 0.1) is 18.9 Å². The van der Waals surface area contributed by atoms with E-state index in [1.54, 1.807) is 24.3 Å². The predicted octanol–water partition coefficient (Wildman–Crippen LogP) is 2.28. The molecular weight excluding hydrogens is 330 g/mol. The molecule has 1 aromatic carbocycles. The van der Waals surface area contributed by atoms with Gasteiger partial charge in [-0.2, -0.15) is 0 Å². The molecule has 25 heavy (non-hydrogen) atoms. The first-order chi connectivity index (χ1) is 12.0. The van der Waals surface area contributed by atoms with E-state index < -0.39 is 23.7 Å². The van der Waals surface area contributed by atoms with E-state index in [0.29, 0.717) is 16.7 Å². The molecule has 3 rings (SSSR count). The van der Waals surface area contributed by atoms with E-state index in [-0.39, 0.29) is 12.4 Å². The van der Waals surface area contributed by atoms with E-state index in [9.17, 15) is 14.4 Å². The van der Waals surface area contributed by atoms with Crippen LogP contribution in [0.4, 0.5) is 0 Å². The number of furan rings is 1. The topological polar surface area (TPSA) is 101 Å². The summed E-state index contributed by atoms with van der Waals surface area (Å²) in [4.78, 5) is 35.9. The zero-order chi connectivity index (χ0) is 18.0. The lowest BCUT2D eigenvalue weighted by Gasteiger charge is -2.12. The molecule has 1 atom stereocenters. The average Bonchev–Trinajstić information content (AvgIpc) is 3.21. The predicted molar refractivity (Wildman–Crippen MR) is 85.0 cm³/mol. The summed E-state index contributed by atoms with van der Waals surface area (Å²) in [5.74, 6) is -2.00. The van der Waals surface area contributed by atoms with Gasteiger partial charge in [-0.25, -0.2) is 14.4 Å². The van der Waals surface area contributed by atoms with Crippen LogP contribution in [0.1, 0.15) is 29.1 Å². The maximum absolute atomic E-state index is 12.3. The van der Waals surface area contributed by atoms with Crippen LogP contribution in [0.3, 0.4) is 0 Å². The fourth-order valence-corrected chi connectivity index (χ4v) is 2.45. The largest absolute Gasteiger partial charge is 0.463 e. The molecule has 3 aromatic rings. The first-order valence-electron chi connectivity index (χ1n) is 7.44. The van der Waals surface area contributed by atoms with Crippen LogP contribution < -0.4 is 5.76 Å². The fourth-order valence-electron chi connectivity index (χ4n) is 2.45. The van der Waals surface area contributed by atoms with Gasteiger partial charge in [0.1, 0.15) is 12.6 Å². The number of aromatic nitrogens is 1. The molecule has 0 aliphatic rings. The van der Waals surface area contributed by atoms with Crippen LogP contribution in [0.15, 0.2) is 50.2 Å². The molecule has 1 unspecified atom stereocenters. The van der Waals surface area contributed by atoms with Crippen molar-refractivity contribution in [2.45, 2.75) is 19.6 Å². The van der Waals surface area contributed by atoms with Crippen LogP contribution in [0, 0.1) is 0 Å². The van der Waals surface area contributed by atoms with Gasteiger partial charge in [-0.05, 0) is 25.1 Å². The summed E-state index contributed by atoms with van der Waals surface area (Å²) < 4.78 is 21.1. The van der Waals surface area contributed by atoms with Crippen LogP contribution in [0.2, 0.25) is 0 Å². The standard InChI is InChI=1S/C17H15NO7/c1-10(18-12-5-3-4-6-13(12)25-17(18)21)15(19)24-9-11-7-8-23-14(11)16(20)22-2/h3-8,10H,9H2,1-2H3. The number of carbonyl (C=O) groups is 2. The average molecular weight is 345 g/mol. The Morgan fingerprint density at radius 2 is 2.00 bits per heavy atom. The molecule has 8 nitrogen and oxygen atoms in total. The molecule has 8 heteroatoms. The van der Waals surface area contributed by atoms with E-state index in [0.717, 1.165) is 0 Å². The van der Waals surface area contributed by atoms with Crippen molar-refractivity contribution in [3.05, 3.63) is 58.5 Å². The van der Waals surface area contributed by atoms with E-state index in [1.165, 1.54) is 30.9 Å². The third-order valence-corrected chi connectivity index (χ3v) is 3.73. The number of carbonyl (C=O) groups excluding carboxylic acids is 2. The minimum Gasteiger partial charge on any atom is -0.463 e. The highest BCUT2D eigenvalue weighted by atomic mass is 16.5. The summed E-state index contributed by atoms with van der Waals surface area (Å²) in [6.45, 7) is 1.34. The van der Waals surface area contributed by atoms with Gasteiger partial charge in [-0.1, -0.05) is 12.1 Å². The van der Waals surface area contributed by atoms with Gasteiger partial charge in [0, 0.05) is 5.56 Å². The van der Waals surface area contributed by atoms with Crippen molar-refractivity contribution in [3.8, 4) is 0 Å². The molecule has 2 heterocycles. The van der Waals surface area contributed by atoms with Crippen LogP contribution in [-0.4, -0.2) is 23.6 Å². The van der Waals surface area contributed by atoms with Gasteiger partial charge in [0.15, 0.2) is 5.58 Å². The van der Waals surface area contributed by atoms with E-state index >= 15 is 0 Å². The van der Waals surface area contributed by atoms with Gasteiger partial charge in [-0.3, -0.25) is 4.57 Å². The van der Waals surface area contributed by atoms with Crippen LogP contribution >= 0.6 is 0 Å². The van der Waals surface area contributed by atoms with Crippen molar-refractivity contribution in [1.82, 2.24) is 4.57 Å². The van der Waals surface area contributed by atoms with Crippen molar-refractivity contribution >= 4 is 23.0 Å². The zero-order valence-electron chi connectivity index (χ0n) is 13.6. The van der Waals surface area contributed by atoms with Crippen LogP contribution in [0.25, 0.3) is 11.1 Å². The molecule has 0 spiro atoms. The van der Waals surface area contributed by atoms with Crippen molar-refractivity contribution < 1.29 is 27.9 Å². The van der Waals surface area contributed by atoms with E-state index in [1.807, 2.05) is 0 Å². The lowest BCUT2D eigenvalue weighted by atomic mass is 10.2.